The van der Waals surface area contributed by atoms with Gasteiger partial charge in [0.1, 0.15) is 22.2 Å². The fourth-order valence-electron chi connectivity index (χ4n) is 4.36. The number of rotatable bonds is 8. The lowest BCUT2D eigenvalue weighted by molar-refractivity contribution is -0.117. The van der Waals surface area contributed by atoms with Crippen LogP contribution in [0.1, 0.15) is 34.4 Å². The molecule has 8 nitrogen and oxygen atoms in total. The van der Waals surface area contributed by atoms with Crippen LogP contribution in [0.25, 0.3) is 4.85 Å². The van der Waals surface area contributed by atoms with Crippen LogP contribution in [0.2, 0.25) is 0 Å². The zero-order chi connectivity index (χ0) is 25.5. The molecule has 1 unspecified atom stereocenters. The highest BCUT2D eigenvalue weighted by Crippen LogP contribution is 2.42. The molecule has 4 rings (SSSR count). The summed E-state index contributed by atoms with van der Waals surface area (Å²) in [4.78, 5) is 29.6. The van der Waals surface area contributed by atoms with Crippen LogP contribution in [0.5, 0.6) is 0 Å². The number of amides is 1. The van der Waals surface area contributed by atoms with E-state index in [9.17, 15) is 10.1 Å². The second-order valence-corrected chi connectivity index (χ2v) is 9.54. The molecule has 3 aromatic rings. The van der Waals surface area contributed by atoms with Crippen LogP contribution in [0.4, 0.5) is 11.5 Å². The van der Waals surface area contributed by atoms with Crippen molar-refractivity contribution in [3.63, 3.8) is 0 Å². The largest absolute Gasteiger partial charge is 0.368 e. The fourth-order valence-corrected chi connectivity index (χ4v) is 5.42. The molecule has 182 valence electrons. The topological polar surface area (TPSA) is 104 Å². The van der Waals surface area contributed by atoms with Gasteiger partial charge < -0.3 is 10.6 Å². The summed E-state index contributed by atoms with van der Waals surface area (Å²) in [5.41, 5.74) is 9.13. The van der Waals surface area contributed by atoms with Gasteiger partial charge in [-0.05, 0) is 35.2 Å². The third-order valence-electron chi connectivity index (χ3n) is 6.22. The Kier molecular flexibility index (Phi) is 8.17. The number of thioether (sulfide) groups is 1. The number of aromatic nitrogens is 2. The molecule has 0 radical (unpaired) electrons. The van der Waals surface area contributed by atoms with Gasteiger partial charge in [0.05, 0.1) is 12.1 Å². The summed E-state index contributed by atoms with van der Waals surface area (Å²) in [5, 5.41) is 9.74. The maximum atomic E-state index is 12.4. The van der Waals surface area contributed by atoms with Crippen molar-refractivity contribution in [2.75, 3.05) is 31.1 Å². The van der Waals surface area contributed by atoms with Crippen molar-refractivity contribution < 1.29 is 4.79 Å². The van der Waals surface area contributed by atoms with Gasteiger partial charge in [-0.15, -0.1) is 0 Å². The molecule has 2 aromatic heterocycles. The van der Waals surface area contributed by atoms with Crippen LogP contribution in [0.15, 0.2) is 59.9 Å². The van der Waals surface area contributed by atoms with E-state index in [2.05, 4.69) is 25.7 Å². The molecule has 1 amide bonds. The van der Waals surface area contributed by atoms with E-state index in [-0.39, 0.29) is 0 Å². The van der Waals surface area contributed by atoms with Crippen LogP contribution in [-0.4, -0.2) is 47.0 Å². The molecule has 1 aromatic carbocycles. The van der Waals surface area contributed by atoms with Gasteiger partial charge in [-0.2, -0.15) is 5.26 Å². The van der Waals surface area contributed by atoms with E-state index in [1.54, 1.807) is 12.4 Å². The van der Waals surface area contributed by atoms with Gasteiger partial charge >= 0.3 is 0 Å². The van der Waals surface area contributed by atoms with Crippen LogP contribution in [-0.2, 0) is 17.8 Å². The van der Waals surface area contributed by atoms with Gasteiger partial charge in [-0.1, -0.05) is 49.0 Å². The molecule has 0 bridgehead atoms. The molecule has 2 N–H and O–H groups in total. The van der Waals surface area contributed by atoms with Crippen LogP contribution in [0.3, 0.4) is 0 Å². The normalized spacial score (nSPS) is 14.6. The van der Waals surface area contributed by atoms with Crippen molar-refractivity contribution in [1.29, 1.82) is 5.26 Å². The van der Waals surface area contributed by atoms with E-state index in [1.165, 1.54) is 17.3 Å². The van der Waals surface area contributed by atoms with Crippen molar-refractivity contribution in [3.05, 3.63) is 88.5 Å². The minimum atomic E-state index is -0.695. The molecule has 36 heavy (non-hydrogen) atoms. The minimum Gasteiger partial charge on any atom is -0.368 e. The molecular formula is C27H27N7OS. The summed E-state index contributed by atoms with van der Waals surface area (Å²) in [7, 11) is 0. The number of piperazine rings is 1. The standard InChI is InChI=1S/C27H27N7OS/c1-3-21-22(17-28)27(36-24(25(29)35)20-7-5-4-6-8-20)32-26(23(21)30-2)34-15-13-33(14-16-34)18-19-9-11-31-12-10-19/h4-12,24H,3,13-16,18H2,1H3,(H2,29,35). The number of nitrogens with zero attached hydrogens (tertiary/aromatic N) is 6. The first-order valence-corrected chi connectivity index (χ1v) is 12.6. The van der Waals surface area contributed by atoms with E-state index in [4.69, 9.17) is 17.3 Å². The van der Waals surface area contributed by atoms with Gasteiger partial charge in [0.2, 0.25) is 11.6 Å². The molecule has 1 saturated heterocycles. The van der Waals surface area contributed by atoms with Crippen LogP contribution in [0, 0.1) is 17.9 Å². The number of hydrogen-bond acceptors (Lipinski definition) is 7. The number of primary amides is 1. The Morgan fingerprint density at radius 1 is 1.19 bits per heavy atom. The molecule has 0 aliphatic carbocycles. The quantitative estimate of drug-likeness (QED) is 0.369. The van der Waals surface area contributed by atoms with E-state index >= 15 is 0 Å². The van der Waals surface area contributed by atoms with Crippen molar-refractivity contribution in [3.8, 4) is 6.07 Å². The Bertz CT molecular complexity index is 1290. The van der Waals surface area contributed by atoms with Crippen LogP contribution >= 0.6 is 11.8 Å². The van der Waals surface area contributed by atoms with Crippen molar-refractivity contribution in [2.45, 2.75) is 30.2 Å². The van der Waals surface area contributed by atoms with Crippen LogP contribution < -0.4 is 10.6 Å². The molecular weight excluding hydrogens is 470 g/mol. The lowest BCUT2D eigenvalue weighted by Crippen LogP contribution is -2.46. The SMILES string of the molecule is [C-]#[N+]c1c(N2CCN(Cc3ccncc3)CC2)nc(SC(C(N)=O)c2ccccc2)c(C#N)c1CC. The lowest BCUT2D eigenvalue weighted by Gasteiger charge is -2.36. The fraction of sp³-hybridized carbons (Fsp3) is 0.296. The Hall–Kier alpha value is -3.92. The van der Waals surface area contributed by atoms with Crippen molar-refractivity contribution in [1.82, 2.24) is 14.9 Å². The van der Waals surface area contributed by atoms with Gasteiger partial charge in [0.25, 0.3) is 0 Å². The average Bonchev–Trinajstić information content (AvgIpc) is 2.92. The first-order valence-electron chi connectivity index (χ1n) is 11.8. The first-order chi connectivity index (χ1) is 17.5. The number of hydrogen-bond donors (Lipinski definition) is 1. The number of carbonyl (C=O) groups excluding carboxylic acids is 1. The third kappa shape index (κ3) is 5.49. The maximum Gasteiger partial charge on any atom is 0.235 e. The van der Waals surface area contributed by atoms with E-state index < -0.39 is 11.2 Å². The van der Waals surface area contributed by atoms with Gasteiger partial charge in [0, 0.05) is 45.1 Å². The van der Waals surface area contributed by atoms with Crippen molar-refractivity contribution in [2.24, 2.45) is 5.73 Å². The second kappa shape index (κ2) is 11.7. The Morgan fingerprint density at radius 3 is 2.47 bits per heavy atom. The summed E-state index contributed by atoms with van der Waals surface area (Å²) in [6.45, 7) is 13.7. The van der Waals surface area contributed by atoms with E-state index in [0.717, 1.165) is 25.2 Å². The zero-order valence-electron chi connectivity index (χ0n) is 20.1. The number of carbonyl (C=O) groups is 1. The molecule has 1 fully saturated rings. The molecule has 3 heterocycles. The molecule has 1 atom stereocenters. The Balaban J connectivity index is 1.65. The zero-order valence-corrected chi connectivity index (χ0v) is 20.9. The minimum absolute atomic E-state index is 0.343. The second-order valence-electron chi connectivity index (χ2n) is 8.45. The lowest BCUT2D eigenvalue weighted by atomic mass is 10.1. The number of benzene rings is 1. The Labute approximate surface area is 215 Å². The maximum absolute atomic E-state index is 12.4. The highest BCUT2D eigenvalue weighted by atomic mass is 32.2. The number of nitriles is 1. The number of nitrogens with two attached hydrogens (primary N) is 1. The summed E-state index contributed by atoms with van der Waals surface area (Å²) >= 11 is 1.18. The molecule has 1 aliphatic rings. The van der Waals surface area contributed by atoms with Gasteiger partial charge in [0.15, 0.2) is 0 Å². The van der Waals surface area contributed by atoms with Gasteiger partial charge in [-0.25, -0.2) is 9.83 Å². The Morgan fingerprint density at radius 2 is 1.89 bits per heavy atom. The predicted octanol–water partition coefficient (Wildman–Crippen LogP) is 4.10. The summed E-state index contributed by atoms with van der Waals surface area (Å²) in [6.07, 6.45) is 4.11. The highest BCUT2D eigenvalue weighted by molar-refractivity contribution is 8.00. The molecule has 9 heteroatoms. The van der Waals surface area contributed by atoms with E-state index in [0.29, 0.717) is 47.2 Å². The third-order valence-corrected chi connectivity index (χ3v) is 7.47. The summed E-state index contributed by atoms with van der Waals surface area (Å²) in [5.74, 6) is 0.0682. The molecule has 0 saturated carbocycles. The predicted molar refractivity (Wildman–Crippen MR) is 141 cm³/mol. The number of anilines is 1. The van der Waals surface area contributed by atoms with Gasteiger partial charge in [-0.3, -0.25) is 14.7 Å². The molecule has 0 spiro atoms. The van der Waals surface area contributed by atoms with Crippen molar-refractivity contribution >= 4 is 29.2 Å². The highest BCUT2D eigenvalue weighted by Gasteiger charge is 2.28. The summed E-state index contributed by atoms with van der Waals surface area (Å²) < 4.78 is 0. The number of pyridine rings is 2. The average molecular weight is 498 g/mol. The summed E-state index contributed by atoms with van der Waals surface area (Å²) in [6, 6.07) is 15.5. The molecule has 1 aliphatic heterocycles. The first kappa shape index (κ1) is 25.2. The monoisotopic (exact) mass is 497 g/mol. The smallest absolute Gasteiger partial charge is 0.235 e. The van der Waals surface area contributed by atoms with E-state index in [1.807, 2.05) is 49.4 Å².